The molecule has 0 radical (unpaired) electrons. The third-order valence-corrected chi connectivity index (χ3v) is 3.95. The Kier molecular flexibility index (Phi) is 3.42. The highest BCUT2D eigenvalue weighted by molar-refractivity contribution is 5.61. The highest BCUT2D eigenvalue weighted by Crippen LogP contribution is 2.34. The van der Waals surface area contributed by atoms with Crippen LogP contribution in [0.5, 0.6) is 11.5 Å². The lowest BCUT2D eigenvalue weighted by molar-refractivity contribution is 0.174. The molecule has 4 rings (SSSR count). The first kappa shape index (κ1) is 13.2. The van der Waals surface area contributed by atoms with E-state index in [9.17, 15) is 0 Å². The first-order valence-electron chi connectivity index (χ1n) is 7.63. The fourth-order valence-electron chi connectivity index (χ4n) is 2.81. The Labute approximate surface area is 129 Å². The van der Waals surface area contributed by atoms with Crippen LogP contribution in [0.25, 0.3) is 0 Å². The van der Waals surface area contributed by atoms with Crippen molar-refractivity contribution in [3.63, 3.8) is 0 Å². The lowest BCUT2D eigenvalue weighted by atomic mass is 10.1. The Balaban J connectivity index is 1.53. The number of hydrogen-bond acceptors (Lipinski definition) is 6. The highest BCUT2D eigenvalue weighted by atomic mass is 16.7. The van der Waals surface area contributed by atoms with Crippen LogP contribution in [0.4, 0.5) is 17.5 Å². The third kappa shape index (κ3) is 2.64. The van der Waals surface area contributed by atoms with Crippen LogP contribution in [0, 0.1) is 0 Å². The lowest BCUT2D eigenvalue weighted by Gasteiger charge is -2.27. The van der Waals surface area contributed by atoms with Gasteiger partial charge in [-0.2, -0.15) is 4.98 Å². The molecule has 1 N–H and O–H groups in total. The Morgan fingerprint density at radius 3 is 2.77 bits per heavy atom. The van der Waals surface area contributed by atoms with E-state index >= 15 is 0 Å². The number of ether oxygens (including phenoxy) is 2. The number of rotatable bonds is 3. The SMILES string of the molecule is c1cc(N2CCCCC2)nc(Nc2ccc3c(c2)OCO3)n1. The molecule has 0 unspecified atom stereocenters. The maximum atomic E-state index is 5.38. The van der Waals surface area contributed by atoms with E-state index in [0.717, 1.165) is 36.1 Å². The van der Waals surface area contributed by atoms with Gasteiger partial charge < -0.3 is 19.7 Å². The summed E-state index contributed by atoms with van der Waals surface area (Å²) in [6, 6.07) is 7.69. The normalized spacial score (nSPS) is 16.6. The molecule has 2 aromatic rings. The molecule has 1 fully saturated rings. The van der Waals surface area contributed by atoms with Gasteiger partial charge in [-0.3, -0.25) is 0 Å². The van der Waals surface area contributed by atoms with E-state index in [1.807, 2.05) is 24.3 Å². The summed E-state index contributed by atoms with van der Waals surface area (Å²) in [4.78, 5) is 11.2. The van der Waals surface area contributed by atoms with Gasteiger partial charge in [0.15, 0.2) is 11.5 Å². The van der Waals surface area contributed by atoms with Crippen molar-refractivity contribution >= 4 is 17.5 Å². The second-order valence-corrected chi connectivity index (χ2v) is 5.48. The Hall–Kier alpha value is -2.50. The van der Waals surface area contributed by atoms with Crippen molar-refractivity contribution in [2.75, 3.05) is 30.1 Å². The quantitative estimate of drug-likeness (QED) is 0.940. The van der Waals surface area contributed by atoms with Gasteiger partial charge in [0.25, 0.3) is 0 Å². The van der Waals surface area contributed by atoms with Crippen molar-refractivity contribution < 1.29 is 9.47 Å². The highest BCUT2D eigenvalue weighted by Gasteiger charge is 2.15. The molecule has 2 aliphatic heterocycles. The average molecular weight is 298 g/mol. The van der Waals surface area contributed by atoms with Crippen molar-refractivity contribution in [2.45, 2.75) is 19.3 Å². The van der Waals surface area contributed by atoms with E-state index in [2.05, 4.69) is 20.2 Å². The van der Waals surface area contributed by atoms with E-state index in [1.165, 1.54) is 19.3 Å². The van der Waals surface area contributed by atoms with Crippen LogP contribution in [0.3, 0.4) is 0 Å². The van der Waals surface area contributed by atoms with Crippen LogP contribution in [-0.2, 0) is 0 Å². The molecule has 6 heteroatoms. The molecule has 0 aliphatic carbocycles. The Bertz CT molecular complexity index is 671. The lowest BCUT2D eigenvalue weighted by Crippen LogP contribution is -2.30. The summed E-state index contributed by atoms with van der Waals surface area (Å²) in [6.07, 6.45) is 5.57. The van der Waals surface area contributed by atoms with E-state index in [4.69, 9.17) is 9.47 Å². The summed E-state index contributed by atoms with van der Waals surface area (Å²) in [5.41, 5.74) is 0.889. The Morgan fingerprint density at radius 2 is 1.86 bits per heavy atom. The molecular weight excluding hydrogens is 280 g/mol. The largest absolute Gasteiger partial charge is 0.454 e. The molecule has 0 saturated carbocycles. The minimum absolute atomic E-state index is 0.278. The number of nitrogens with zero attached hydrogens (tertiary/aromatic N) is 3. The molecule has 6 nitrogen and oxygen atoms in total. The first-order valence-corrected chi connectivity index (χ1v) is 7.63. The summed E-state index contributed by atoms with van der Waals surface area (Å²) in [7, 11) is 0. The fraction of sp³-hybridized carbons (Fsp3) is 0.375. The van der Waals surface area contributed by atoms with Crippen molar-refractivity contribution in [2.24, 2.45) is 0 Å². The van der Waals surface area contributed by atoms with Crippen LogP contribution in [0.15, 0.2) is 30.5 Å². The van der Waals surface area contributed by atoms with Gasteiger partial charge in [-0.1, -0.05) is 0 Å². The van der Waals surface area contributed by atoms with E-state index in [-0.39, 0.29) is 6.79 Å². The zero-order valence-electron chi connectivity index (χ0n) is 12.3. The molecule has 0 bridgehead atoms. The summed E-state index contributed by atoms with van der Waals surface area (Å²) in [5.74, 6) is 3.10. The summed E-state index contributed by atoms with van der Waals surface area (Å²) >= 11 is 0. The molecule has 0 atom stereocenters. The topological polar surface area (TPSA) is 59.5 Å². The van der Waals surface area contributed by atoms with E-state index < -0.39 is 0 Å². The van der Waals surface area contributed by atoms with Crippen molar-refractivity contribution in [1.29, 1.82) is 0 Å². The summed E-state index contributed by atoms with van der Waals surface area (Å²) < 4.78 is 10.7. The van der Waals surface area contributed by atoms with Crippen molar-refractivity contribution in [1.82, 2.24) is 9.97 Å². The van der Waals surface area contributed by atoms with Gasteiger partial charge in [-0.15, -0.1) is 0 Å². The van der Waals surface area contributed by atoms with Gasteiger partial charge in [0.05, 0.1) is 0 Å². The number of piperidine rings is 1. The molecule has 1 aromatic heterocycles. The standard InChI is InChI=1S/C16H18N4O2/c1-2-8-20(9-3-1)15-6-7-17-16(19-15)18-12-4-5-13-14(10-12)22-11-21-13/h4-7,10H,1-3,8-9,11H2,(H,17,18,19). The molecule has 0 spiro atoms. The summed E-state index contributed by atoms with van der Waals surface area (Å²) in [6.45, 7) is 2.42. The second kappa shape index (κ2) is 5.71. The van der Waals surface area contributed by atoms with Gasteiger partial charge in [0.1, 0.15) is 5.82 Å². The van der Waals surface area contributed by atoms with E-state index in [0.29, 0.717) is 5.95 Å². The monoisotopic (exact) mass is 298 g/mol. The smallest absolute Gasteiger partial charge is 0.231 e. The number of nitrogens with one attached hydrogen (secondary N) is 1. The molecule has 22 heavy (non-hydrogen) atoms. The minimum atomic E-state index is 0.278. The molecule has 2 aliphatic rings. The zero-order chi connectivity index (χ0) is 14.8. The minimum Gasteiger partial charge on any atom is -0.454 e. The molecule has 114 valence electrons. The number of fused-ring (bicyclic) bond motifs is 1. The predicted octanol–water partition coefficient (Wildman–Crippen LogP) is 2.94. The molecule has 1 aromatic carbocycles. The van der Waals surface area contributed by atoms with Gasteiger partial charge in [0.2, 0.25) is 12.7 Å². The van der Waals surface area contributed by atoms with Gasteiger partial charge >= 0.3 is 0 Å². The van der Waals surface area contributed by atoms with Crippen LogP contribution < -0.4 is 19.7 Å². The second-order valence-electron chi connectivity index (χ2n) is 5.48. The van der Waals surface area contributed by atoms with Crippen LogP contribution >= 0.6 is 0 Å². The van der Waals surface area contributed by atoms with Crippen molar-refractivity contribution in [3.8, 4) is 11.5 Å². The maximum absolute atomic E-state index is 5.38. The maximum Gasteiger partial charge on any atom is 0.231 e. The van der Waals surface area contributed by atoms with Crippen LogP contribution in [0.2, 0.25) is 0 Å². The van der Waals surface area contributed by atoms with Crippen LogP contribution in [0.1, 0.15) is 19.3 Å². The number of hydrogen-bond donors (Lipinski definition) is 1. The molecule has 0 amide bonds. The molecular formula is C16H18N4O2. The Morgan fingerprint density at radius 1 is 1.00 bits per heavy atom. The van der Waals surface area contributed by atoms with E-state index in [1.54, 1.807) is 6.20 Å². The zero-order valence-corrected chi connectivity index (χ0v) is 12.3. The predicted molar refractivity (Wildman–Crippen MR) is 83.9 cm³/mol. The number of aromatic nitrogens is 2. The third-order valence-electron chi connectivity index (χ3n) is 3.95. The van der Waals surface area contributed by atoms with Crippen molar-refractivity contribution in [3.05, 3.63) is 30.5 Å². The van der Waals surface area contributed by atoms with Gasteiger partial charge in [0, 0.05) is 31.0 Å². The number of benzene rings is 1. The molecule has 3 heterocycles. The van der Waals surface area contributed by atoms with Crippen LogP contribution in [-0.4, -0.2) is 29.9 Å². The fourth-order valence-corrected chi connectivity index (χ4v) is 2.81. The van der Waals surface area contributed by atoms with Gasteiger partial charge in [-0.05, 0) is 37.5 Å². The number of anilines is 3. The average Bonchev–Trinajstić information content (AvgIpc) is 3.04. The summed E-state index contributed by atoms with van der Waals surface area (Å²) in [5, 5.41) is 3.23. The van der Waals surface area contributed by atoms with Gasteiger partial charge in [-0.25, -0.2) is 4.98 Å². The first-order chi connectivity index (χ1) is 10.9. The molecule has 1 saturated heterocycles.